The zero-order valence-electron chi connectivity index (χ0n) is 9.77. The van der Waals surface area contributed by atoms with Crippen LogP contribution in [0.1, 0.15) is 26.3 Å². The Morgan fingerprint density at radius 3 is 2.73 bits per heavy atom. The van der Waals surface area contributed by atoms with E-state index in [1.807, 2.05) is 6.07 Å². The predicted octanol–water partition coefficient (Wildman–Crippen LogP) is 1.42. The van der Waals surface area contributed by atoms with Crippen molar-refractivity contribution >= 4 is 5.82 Å². The Labute approximate surface area is 91.5 Å². The topological polar surface area (TPSA) is 55.0 Å². The first-order chi connectivity index (χ1) is 7.19. The Balaban J connectivity index is 2.90. The third-order valence-corrected chi connectivity index (χ3v) is 2.27. The van der Waals surface area contributed by atoms with Crippen molar-refractivity contribution in [2.24, 2.45) is 11.7 Å². The number of aromatic nitrogens is 2. The summed E-state index contributed by atoms with van der Waals surface area (Å²) in [5.74, 6) is 1.54. The van der Waals surface area contributed by atoms with Crippen molar-refractivity contribution in [1.82, 2.24) is 10.2 Å². The summed E-state index contributed by atoms with van der Waals surface area (Å²) >= 11 is 0. The van der Waals surface area contributed by atoms with Crippen LogP contribution in [-0.4, -0.2) is 23.3 Å². The van der Waals surface area contributed by atoms with E-state index < -0.39 is 0 Å². The van der Waals surface area contributed by atoms with E-state index in [1.54, 1.807) is 6.20 Å². The maximum Gasteiger partial charge on any atom is 0.155 e. The summed E-state index contributed by atoms with van der Waals surface area (Å²) in [6.45, 7) is 8.95. The molecule has 2 N–H and O–H groups in total. The second kappa shape index (κ2) is 5.66. The fraction of sp³-hybridized carbons (Fsp3) is 0.636. The zero-order valence-corrected chi connectivity index (χ0v) is 9.77. The van der Waals surface area contributed by atoms with Crippen LogP contribution in [0.5, 0.6) is 0 Å². The molecule has 0 unspecified atom stereocenters. The molecule has 84 valence electrons. The van der Waals surface area contributed by atoms with Gasteiger partial charge in [0.25, 0.3) is 0 Å². The van der Waals surface area contributed by atoms with E-state index in [-0.39, 0.29) is 0 Å². The Morgan fingerprint density at radius 1 is 1.47 bits per heavy atom. The Kier molecular flexibility index (Phi) is 4.49. The normalized spacial score (nSPS) is 10.7. The third-order valence-electron chi connectivity index (χ3n) is 2.27. The van der Waals surface area contributed by atoms with E-state index in [4.69, 9.17) is 5.73 Å². The molecule has 4 heteroatoms. The molecule has 0 saturated heterocycles. The molecule has 0 amide bonds. The average molecular weight is 208 g/mol. The van der Waals surface area contributed by atoms with Gasteiger partial charge >= 0.3 is 0 Å². The van der Waals surface area contributed by atoms with Crippen LogP contribution >= 0.6 is 0 Å². The van der Waals surface area contributed by atoms with E-state index in [9.17, 15) is 0 Å². The summed E-state index contributed by atoms with van der Waals surface area (Å²) in [4.78, 5) is 2.22. The third kappa shape index (κ3) is 3.16. The summed E-state index contributed by atoms with van der Waals surface area (Å²) in [7, 11) is 0. The van der Waals surface area contributed by atoms with Crippen LogP contribution in [-0.2, 0) is 6.54 Å². The van der Waals surface area contributed by atoms with Gasteiger partial charge in [0.2, 0.25) is 0 Å². The van der Waals surface area contributed by atoms with Crippen LogP contribution in [0.2, 0.25) is 0 Å². The monoisotopic (exact) mass is 208 g/mol. The van der Waals surface area contributed by atoms with Crippen LogP contribution in [0.25, 0.3) is 0 Å². The van der Waals surface area contributed by atoms with Crippen molar-refractivity contribution in [3.8, 4) is 0 Å². The van der Waals surface area contributed by atoms with E-state index in [0.717, 1.165) is 24.5 Å². The van der Waals surface area contributed by atoms with Crippen LogP contribution in [0, 0.1) is 5.92 Å². The second-order valence-electron chi connectivity index (χ2n) is 4.02. The molecule has 1 rings (SSSR count). The van der Waals surface area contributed by atoms with Gasteiger partial charge in [-0.15, -0.1) is 5.10 Å². The van der Waals surface area contributed by atoms with Crippen molar-refractivity contribution in [3.05, 3.63) is 17.8 Å². The smallest absolute Gasteiger partial charge is 0.155 e. The van der Waals surface area contributed by atoms with Gasteiger partial charge in [0.05, 0.1) is 6.20 Å². The van der Waals surface area contributed by atoms with Crippen LogP contribution in [0.4, 0.5) is 5.82 Å². The molecule has 0 aliphatic rings. The van der Waals surface area contributed by atoms with Gasteiger partial charge in [-0.2, -0.15) is 5.10 Å². The lowest BCUT2D eigenvalue weighted by Gasteiger charge is -2.25. The van der Waals surface area contributed by atoms with Crippen molar-refractivity contribution < 1.29 is 0 Å². The van der Waals surface area contributed by atoms with Gasteiger partial charge in [-0.25, -0.2) is 0 Å². The van der Waals surface area contributed by atoms with Gasteiger partial charge in [0, 0.05) is 25.2 Å². The van der Waals surface area contributed by atoms with Crippen LogP contribution < -0.4 is 10.6 Å². The highest BCUT2D eigenvalue weighted by Crippen LogP contribution is 2.16. The zero-order chi connectivity index (χ0) is 11.3. The van der Waals surface area contributed by atoms with Crippen molar-refractivity contribution in [2.45, 2.75) is 27.3 Å². The van der Waals surface area contributed by atoms with Gasteiger partial charge in [0.15, 0.2) is 5.82 Å². The van der Waals surface area contributed by atoms with Gasteiger partial charge in [-0.05, 0) is 18.9 Å². The van der Waals surface area contributed by atoms with Crippen molar-refractivity contribution in [3.63, 3.8) is 0 Å². The quantitative estimate of drug-likeness (QED) is 0.795. The minimum Gasteiger partial charge on any atom is -0.355 e. The summed E-state index contributed by atoms with van der Waals surface area (Å²) in [6, 6.07) is 1.94. The molecular weight excluding hydrogens is 188 g/mol. The standard InChI is InChI=1S/C11H20N4/c1-4-15(8-9(2)3)11-10(7-12)5-6-13-14-11/h5-6,9H,4,7-8,12H2,1-3H3. The molecule has 0 atom stereocenters. The minimum absolute atomic E-state index is 0.513. The molecule has 1 heterocycles. The lowest BCUT2D eigenvalue weighted by atomic mass is 10.2. The molecule has 0 radical (unpaired) electrons. The first-order valence-electron chi connectivity index (χ1n) is 5.44. The maximum atomic E-state index is 5.68. The molecule has 0 spiro atoms. The summed E-state index contributed by atoms with van der Waals surface area (Å²) < 4.78 is 0. The lowest BCUT2D eigenvalue weighted by molar-refractivity contribution is 0.609. The van der Waals surface area contributed by atoms with E-state index in [0.29, 0.717) is 12.5 Å². The molecule has 0 aliphatic heterocycles. The first kappa shape index (κ1) is 11.9. The Morgan fingerprint density at radius 2 is 2.20 bits per heavy atom. The minimum atomic E-state index is 0.513. The Bertz CT molecular complexity index is 298. The van der Waals surface area contributed by atoms with Crippen molar-refractivity contribution in [1.29, 1.82) is 0 Å². The molecule has 0 bridgehead atoms. The first-order valence-corrected chi connectivity index (χ1v) is 5.44. The van der Waals surface area contributed by atoms with Gasteiger partial charge in [-0.1, -0.05) is 13.8 Å². The van der Waals surface area contributed by atoms with Crippen LogP contribution in [0.15, 0.2) is 12.3 Å². The molecule has 15 heavy (non-hydrogen) atoms. The van der Waals surface area contributed by atoms with E-state index in [2.05, 4.69) is 35.9 Å². The number of rotatable bonds is 5. The number of nitrogens with two attached hydrogens (primary N) is 1. The van der Waals surface area contributed by atoms with Crippen molar-refractivity contribution in [2.75, 3.05) is 18.0 Å². The molecule has 0 fully saturated rings. The molecular formula is C11H20N4. The predicted molar refractivity (Wildman–Crippen MR) is 62.6 cm³/mol. The highest BCUT2D eigenvalue weighted by atomic mass is 15.3. The largest absolute Gasteiger partial charge is 0.355 e. The highest BCUT2D eigenvalue weighted by molar-refractivity contribution is 5.45. The molecule has 0 aromatic carbocycles. The SMILES string of the molecule is CCN(CC(C)C)c1nnccc1CN. The lowest BCUT2D eigenvalue weighted by Crippen LogP contribution is -2.29. The average Bonchev–Trinajstić information content (AvgIpc) is 2.25. The van der Waals surface area contributed by atoms with E-state index in [1.165, 1.54) is 0 Å². The second-order valence-corrected chi connectivity index (χ2v) is 4.02. The fourth-order valence-electron chi connectivity index (χ4n) is 1.58. The molecule has 1 aromatic heterocycles. The molecule has 0 aliphatic carbocycles. The number of hydrogen-bond acceptors (Lipinski definition) is 4. The maximum absolute atomic E-state index is 5.68. The fourth-order valence-corrected chi connectivity index (χ4v) is 1.58. The summed E-state index contributed by atoms with van der Waals surface area (Å²) in [6.07, 6.45) is 1.69. The highest BCUT2D eigenvalue weighted by Gasteiger charge is 2.11. The number of anilines is 1. The van der Waals surface area contributed by atoms with Gasteiger partial charge < -0.3 is 10.6 Å². The summed E-state index contributed by atoms with van der Waals surface area (Å²) in [5.41, 5.74) is 6.74. The van der Waals surface area contributed by atoms with E-state index >= 15 is 0 Å². The number of hydrogen-bond donors (Lipinski definition) is 1. The van der Waals surface area contributed by atoms with Gasteiger partial charge in [-0.3, -0.25) is 0 Å². The van der Waals surface area contributed by atoms with Crippen LogP contribution in [0.3, 0.4) is 0 Å². The summed E-state index contributed by atoms with van der Waals surface area (Å²) in [5, 5.41) is 8.09. The number of nitrogens with zero attached hydrogens (tertiary/aromatic N) is 3. The molecule has 4 nitrogen and oxygen atoms in total. The molecule has 0 saturated carbocycles. The molecule has 1 aromatic rings. The van der Waals surface area contributed by atoms with Gasteiger partial charge in [0.1, 0.15) is 0 Å². The Hall–Kier alpha value is -1.16.